The second kappa shape index (κ2) is 11.3. The monoisotopic (exact) mass is 435 g/mol. The summed E-state index contributed by atoms with van der Waals surface area (Å²) in [6.45, 7) is 4.60. The first-order valence-corrected chi connectivity index (χ1v) is 11.6. The molecule has 3 N–H and O–H groups in total. The molecule has 0 atom stereocenters. The van der Waals surface area contributed by atoms with Gasteiger partial charge in [-0.2, -0.15) is 16.1 Å². The number of nitro groups is 1. The second-order valence-electron chi connectivity index (χ2n) is 5.38. The summed E-state index contributed by atoms with van der Waals surface area (Å²) in [5, 5.41) is 14.4. The van der Waals surface area contributed by atoms with E-state index in [0.29, 0.717) is 11.7 Å². The predicted molar refractivity (Wildman–Crippen MR) is 114 cm³/mol. The van der Waals surface area contributed by atoms with Gasteiger partial charge in [-0.1, -0.05) is 13.8 Å². The molecule has 1 rings (SSSR count). The Morgan fingerprint density at radius 3 is 2.56 bits per heavy atom. The number of nitro benzene ring substituents is 1. The van der Waals surface area contributed by atoms with E-state index in [1.807, 2.05) is 6.26 Å². The van der Waals surface area contributed by atoms with Crippen LogP contribution in [0.15, 0.2) is 23.1 Å². The van der Waals surface area contributed by atoms with Crippen LogP contribution in [0.1, 0.15) is 20.3 Å². The lowest BCUT2D eigenvalue weighted by atomic mass is 10.3. The number of thioether (sulfide) groups is 1. The van der Waals surface area contributed by atoms with Crippen molar-refractivity contribution in [1.82, 2.24) is 15.0 Å². The Labute approximate surface area is 169 Å². The molecule has 0 aromatic heterocycles. The van der Waals surface area contributed by atoms with E-state index in [9.17, 15) is 18.5 Å². The van der Waals surface area contributed by atoms with Crippen LogP contribution in [-0.4, -0.2) is 54.4 Å². The third-order valence-corrected chi connectivity index (χ3v) is 6.65. The molecule has 9 nitrogen and oxygen atoms in total. The number of rotatable bonds is 11. The van der Waals surface area contributed by atoms with E-state index in [4.69, 9.17) is 12.2 Å². The number of benzene rings is 1. The van der Waals surface area contributed by atoms with Crippen molar-refractivity contribution >= 4 is 50.5 Å². The van der Waals surface area contributed by atoms with Crippen molar-refractivity contribution in [3.63, 3.8) is 0 Å². The highest BCUT2D eigenvalue weighted by Crippen LogP contribution is 2.28. The van der Waals surface area contributed by atoms with Crippen LogP contribution >= 0.6 is 24.0 Å². The summed E-state index contributed by atoms with van der Waals surface area (Å²) < 4.78 is 27.0. The van der Waals surface area contributed by atoms with Gasteiger partial charge in [-0.05, 0) is 36.7 Å². The number of hydrogen-bond acceptors (Lipinski definition) is 7. The Bertz CT molecular complexity index is 754. The number of thiocarbonyl (C=S) groups is 1. The number of hydrazine groups is 1. The number of nitrogens with zero attached hydrogens (tertiary/aromatic N) is 2. The van der Waals surface area contributed by atoms with Crippen LogP contribution in [0.2, 0.25) is 0 Å². The van der Waals surface area contributed by atoms with Crippen LogP contribution in [0.4, 0.5) is 11.4 Å². The zero-order valence-electron chi connectivity index (χ0n) is 15.5. The van der Waals surface area contributed by atoms with Crippen molar-refractivity contribution in [2.75, 3.05) is 37.1 Å². The van der Waals surface area contributed by atoms with Crippen molar-refractivity contribution in [3.8, 4) is 0 Å². The van der Waals surface area contributed by atoms with Gasteiger partial charge in [-0.25, -0.2) is 8.42 Å². The van der Waals surface area contributed by atoms with Gasteiger partial charge in [0.05, 0.1) is 10.6 Å². The van der Waals surface area contributed by atoms with Gasteiger partial charge in [0.15, 0.2) is 5.11 Å². The molecule has 0 amide bonds. The van der Waals surface area contributed by atoms with Crippen molar-refractivity contribution in [2.24, 2.45) is 0 Å². The van der Waals surface area contributed by atoms with E-state index in [1.54, 1.807) is 25.6 Å². The minimum atomic E-state index is -3.90. The minimum Gasteiger partial charge on any atom is -0.361 e. The van der Waals surface area contributed by atoms with Crippen LogP contribution in [-0.2, 0) is 10.0 Å². The van der Waals surface area contributed by atoms with E-state index in [2.05, 4.69) is 16.2 Å². The molecule has 0 unspecified atom stereocenters. The maximum atomic E-state index is 12.9. The van der Waals surface area contributed by atoms with E-state index < -0.39 is 14.9 Å². The molecule has 0 saturated carbocycles. The van der Waals surface area contributed by atoms with Gasteiger partial charge in [0.1, 0.15) is 4.90 Å². The third kappa shape index (κ3) is 6.79. The van der Waals surface area contributed by atoms with Crippen LogP contribution < -0.4 is 16.2 Å². The first-order valence-electron chi connectivity index (χ1n) is 8.35. The van der Waals surface area contributed by atoms with E-state index >= 15 is 0 Å². The summed E-state index contributed by atoms with van der Waals surface area (Å²) in [6.07, 6.45) is 2.95. The fourth-order valence-corrected chi connectivity index (χ4v) is 4.44. The Kier molecular flexibility index (Phi) is 9.77. The molecule has 0 aliphatic rings. The number of sulfonamides is 1. The standard InChI is InChI=1S/C15H25N5O4S3/c1-4-19(5-2)27(23,24)14-11-12(20(21)22)7-8-13(14)17-18-15(25)16-9-6-10-26-3/h7-8,11,17H,4-6,9-10H2,1-3H3,(H2,16,18,25). The lowest BCUT2D eigenvalue weighted by Gasteiger charge is -2.21. The fourth-order valence-electron chi connectivity index (χ4n) is 2.23. The molecule has 0 aliphatic carbocycles. The summed E-state index contributed by atoms with van der Waals surface area (Å²) in [6, 6.07) is 3.63. The average molecular weight is 436 g/mol. The Hall–Kier alpha value is -1.63. The number of nitrogens with one attached hydrogen (secondary N) is 3. The lowest BCUT2D eigenvalue weighted by molar-refractivity contribution is -0.385. The number of anilines is 1. The van der Waals surface area contributed by atoms with Crippen molar-refractivity contribution in [3.05, 3.63) is 28.3 Å². The van der Waals surface area contributed by atoms with Gasteiger partial charge < -0.3 is 5.32 Å². The van der Waals surface area contributed by atoms with E-state index in [1.165, 1.54) is 16.4 Å². The van der Waals surface area contributed by atoms with Crippen molar-refractivity contribution < 1.29 is 13.3 Å². The van der Waals surface area contributed by atoms with Crippen LogP contribution in [0.3, 0.4) is 0 Å². The molecule has 1 aromatic rings. The molecule has 0 saturated heterocycles. The summed E-state index contributed by atoms with van der Waals surface area (Å²) in [5.74, 6) is 0.998. The molecular weight excluding hydrogens is 410 g/mol. The quantitative estimate of drug-likeness (QED) is 0.208. The van der Waals surface area contributed by atoms with Gasteiger partial charge in [0, 0.05) is 31.8 Å². The van der Waals surface area contributed by atoms with Crippen molar-refractivity contribution in [2.45, 2.75) is 25.2 Å². The normalized spacial score (nSPS) is 11.3. The zero-order valence-corrected chi connectivity index (χ0v) is 18.0. The average Bonchev–Trinajstić information content (AvgIpc) is 2.64. The Morgan fingerprint density at radius 1 is 1.33 bits per heavy atom. The molecule has 0 bridgehead atoms. The van der Waals surface area contributed by atoms with E-state index in [-0.39, 0.29) is 29.4 Å². The molecule has 12 heteroatoms. The van der Waals surface area contributed by atoms with Crippen LogP contribution in [0, 0.1) is 10.1 Å². The Morgan fingerprint density at radius 2 is 2.00 bits per heavy atom. The van der Waals surface area contributed by atoms with Gasteiger partial charge in [0.2, 0.25) is 10.0 Å². The molecule has 1 aromatic carbocycles. The largest absolute Gasteiger partial charge is 0.361 e. The summed E-state index contributed by atoms with van der Waals surface area (Å²) in [4.78, 5) is 10.3. The SMILES string of the molecule is CCN(CC)S(=O)(=O)c1cc([N+](=O)[O-])ccc1NNC(=S)NCCCSC. The highest BCUT2D eigenvalue weighted by atomic mass is 32.2. The summed E-state index contributed by atoms with van der Waals surface area (Å²) >= 11 is 6.88. The summed E-state index contributed by atoms with van der Waals surface area (Å²) in [7, 11) is -3.90. The molecule has 152 valence electrons. The second-order valence-corrected chi connectivity index (χ2v) is 8.68. The van der Waals surface area contributed by atoms with Gasteiger partial charge in [-0.15, -0.1) is 0 Å². The summed E-state index contributed by atoms with van der Waals surface area (Å²) in [5.41, 5.74) is 5.34. The maximum absolute atomic E-state index is 12.9. The van der Waals surface area contributed by atoms with Gasteiger partial charge >= 0.3 is 0 Å². The Balaban J connectivity index is 3.03. The first-order chi connectivity index (χ1) is 12.8. The maximum Gasteiger partial charge on any atom is 0.270 e. The molecule has 0 aliphatic heterocycles. The topological polar surface area (TPSA) is 117 Å². The fraction of sp³-hybridized carbons (Fsp3) is 0.533. The van der Waals surface area contributed by atoms with Crippen molar-refractivity contribution in [1.29, 1.82) is 0 Å². The highest BCUT2D eigenvalue weighted by Gasteiger charge is 2.27. The number of non-ortho nitro benzene ring substituents is 1. The molecule has 0 fully saturated rings. The van der Waals surface area contributed by atoms with E-state index in [0.717, 1.165) is 18.2 Å². The molecule has 0 radical (unpaired) electrons. The third-order valence-electron chi connectivity index (χ3n) is 3.62. The zero-order chi connectivity index (χ0) is 20.4. The molecule has 0 heterocycles. The predicted octanol–water partition coefficient (Wildman–Crippen LogP) is 2.17. The number of hydrogen-bond donors (Lipinski definition) is 3. The van der Waals surface area contributed by atoms with Gasteiger partial charge in [0.25, 0.3) is 5.69 Å². The molecule has 27 heavy (non-hydrogen) atoms. The van der Waals surface area contributed by atoms with Crippen LogP contribution in [0.5, 0.6) is 0 Å². The minimum absolute atomic E-state index is 0.181. The van der Waals surface area contributed by atoms with Gasteiger partial charge in [-0.3, -0.25) is 21.0 Å². The highest BCUT2D eigenvalue weighted by molar-refractivity contribution is 7.98. The molecular formula is C15H25N5O4S3. The van der Waals surface area contributed by atoms with Crippen LogP contribution in [0.25, 0.3) is 0 Å². The molecule has 0 spiro atoms. The first kappa shape index (κ1) is 23.4. The lowest BCUT2D eigenvalue weighted by Crippen LogP contribution is -2.40. The smallest absolute Gasteiger partial charge is 0.270 e.